The fourth-order valence-corrected chi connectivity index (χ4v) is 3.07. The Kier molecular flexibility index (Phi) is 6.58. The summed E-state index contributed by atoms with van der Waals surface area (Å²) in [5.41, 5.74) is 0. The quantitative estimate of drug-likeness (QED) is 0.793. The molecule has 0 aliphatic heterocycles. The highest BCUT2D eigenvalue weighted by Crippen LogP contribution is 2.24. The Hall–Kier alpha value is -0.470. The number of thiophene rings is 1. The van der Waals surface area contributed by atoms with Crippen molar-refractivity contribution in [3.63, 3.8) is 0 Å². The largest absolute Gasteiger partial charge is 0.396 e. The van der Waals surface area contributed by atoms with Crippen molar-refractivity contribution in [3.05, 3.63) is 21.9 Å². The normalized spacial score (nSPS) is 11.9. The van der Waals surface area contributed by atoms with E-state index in [0.29, 0.717) is 5.25 Å². The Morgan fingerprint density at radius 1 is 1.44 bits per heavy atom. The summed E-state index contributed by atoms with van der Waals surface area (Å²) in [5, 5.41) is 17.8. The number of rotatable bonds is 5. The summed E-state index contributed by atoms with van der Waals surface area (Å²) in [4.78, 5) is 2.29. The Balaban J connectivity index is 2.40. The second kappa shape index (κ2) is 7.75. The molecule has 0 bridgehead atoms. The van der Waals surface area contributed by atoms with Crippen molar-refractivity contribution in [3.8, 4) is 11.8 Å². The number of aliphatic hydroxyl groups is 2. The molecule has 2 N–H and O–H groups in total. The number of hydrogen-bond donors (Lipinski definition) is 2. The Morgan fingerprint density at radius 3 is 2.94 bits per heavy atom. The molecule has 0 spiro atoms. The molecule has 16 heavy (non-hydrogen) atoms. The Morgan fingerprint density at radius 2 is 2.25 bits per heavy atom. The van der Waals surface area contributed by atoms with E-state index in [0.717, 1.165) is 17.1 Å². The highest BCUT2D eigenvalue weighted by molar-refractivity contribution is 7.99. The van der Waals surface area contributed by atoms with E-state index in [1.165, 1.54) is 4.88 Å². The Labute approximate surface area is 105 Å². The van der Waals surface area contributed by atoms with Crippen molar-refractivity contribution in [2.24, 2.45) is 0 Å². The predicted molar refractivity (Wildman–Crippen MR) is 70.7 cm³/mol. The fourth-order valence-electron chi connectivity index (χ4n) is 1.14. The minimum absolute atomic E-state index is 0.0878. The smallest absolute Gasteiger partial charge is 0.104 e. The second-order valence-electron chi connectivity index (χ2n) is 3.36. The van der Waals surface area contributed by atoms with Gasteiger partial charge in [0.15, 0.2) is 0 Å². The lowest BCUT2D eigenvalue weighted by Gasteiger charge is -2.07. The minimum atomic E-state index is -0.0878. The van der Waals surface area contributed by atoms with Crippen molar-refractivity contribution in [1.29, 1.82) is 0 Å². The van der Waals surface area contributed by atoms with Crippen LogP contribution >= 0.6 is 23.1 Å². The van der Waals surface area contributed by atoms with Crippen LogP contribution in [-0.2, 0) is 5.75 Å². The van der Waals surface area contributed by atoms with Gasteiger partial charge in [0.25, 0.3) is 0 Å². The lowest BCUT2D eigenvalue weighted by Crippen LogP contribution is -1.99. The first-order valence-corrected chi connectivity index (χ1v) is 7.03. The van der Waals surface area contributed by atoms with Gasteiger partial charge >= 0.3 is 0 Å². The van der Waals surface area contributed by atoms with E-state index >= 15 is 0 Å². The minimum Gasteiger partial charge on any atom is -0.396 e. The maximum atomic E-state index is 8.78. The summed E-state index contributed by atoms with van der Waals surface area (Å²) in [7, 11) is 0. The summed E-state index contributed by atoms with van der Waals surface area (Å²) in [6.45, 7) is 2.29. The van der Waals surface area contributed by atoms with Gasteiger partial charge in [-0.2, -0.15) is 11.8 Å². The van der Waals surface area contributed by atoms with Crippen LogP contribution in [0.1, 0.15) is 23.1 Å². The highest BCUT2D eigenvalue weighted by Gasteiger charge is 2.04. The summed E-state index contributed by atoms with van der Waals surface area (Å²) in [6, 6.07) is 4.06. The van der Waals surface area contributed by atoms with Crippen molar-refractivity contribution in [2.45, 2.75) is 24.3 Å². The van der Waals surface area contributed by atoms with Crippen molar-refractivity contribution >= 4 is 23.1 Å². The molecule has 0 radical (unpaired) electrons. The van der Waals surface area contributed by atoms with E-state index < -0.39 is 0 Å². The average Bonchev–Trinajstić information content (AvgIpc) is 2.72. The zero-order valence-corrected chi connectivity index (χ0v) is 10.9. The monoisotopic (exact) mass is 256 g/mol. The molecule has 1 aromatic heterocycles. The van der Waals surface area contributed by atoms with E-state index in [1.807, 2.05) is 17.8 Å². The summed E-state index contributed by atoms with van der Waals surface area (Å²) < 4.78 is 0. The maximum Gasteiger partial charge on any atom is 0.104 e. The van der Waals surface area contributed by atoms with Crippen LogP contribution in [-0.4, -0.2) is 28.7 Å². The van der Waals surface area contributed by atoms with Crippen LogP contribution in [0.5, 0.6) is 0 Å². The van der Waals surface area contributed by atoms with E-state index in [2.05, 4.69) is 24.8 Å². The highest BCUT2D eigenvalue weighted by atomic mass is 32.2. The van der Waals surface area contributed by atoms with Gasteiger partial charge in [-0.3, -0.25) is 0 Å². The van der Waals surface area contributed by atoms with Crippen LogP contribution in [0.2, 0.25) is 0 Å². The van der Waals surface area contributed by atoms with Crippen LogP contribution in [0.3, 0.4) is 0 Å². The fraction of sp³-hybridized carbons (Fsp3) is 0.500. The zero-order chi connectivity index (χ0) is 11.8. The van der Waals surface area contributed by atoms with Gasteiger partial charge in [-0.25, -0.2) is 0 Å². The molecule has 0 saturated heterocycles. The lowest BCUT2D eigenvalue weighted by molar-refractivity contribution is 0.289. The van der Waals surface area contributed by atoms with Crippen molar-refractivity contribution in [2.75, 3.05) is 13.2 Å². The van der Waals surface area contributed by atoms with Crippen LogP contribution < -0.4 is 0 Å². The molecule has 0 aliphatic rings. The standard InChI is InChI=1S/C12H16O2S2/c1-10(6-8-14)15-9-12-5-4-11(16-12)3-2-7-13/h4-5,10,13-14H,6-9H2,1H3. The van der Waals surface area contributed by atoms with E-state index in [1.54, 1.807) is 11.3 Å². The Bertz CT molecular complexity index is 363. The summed E-state index contributed by atoms with van der Waals surface area (Å²) >= 11 is 3.51. The van der Waals surface area contributed by atoms with Crippen molar-refractivity contribution < 1.29 is 10.2 Å². The molecule has 1 heterocycles. The van der Waals surface area contributed by atoms with Gasteiger partial charge in [0.2, 0.25) is 0 Å². The molecule has 2 nitrogen and oxygen atoms in total. The number of thioether (sulfide) groups is 1. The molecule has 1 rings (SSSR count). The van der Waals surface area contributed by atoms with Crippen LogP contribution in [0.15, 0.2) is 12.1 Å². The first-order valence-electron chi connectivity index (χ1n) is 5.17. The molecule has 1 unspecified atom stereocenters. The molecule has 0 amide bonds. The molecule has 88 valence electrons. The number of aliphatic hydroxyl groups excluding tert-OH is 2. The van der Waals surface area contributed by atoms with Gasteiger partial charge in [0.1, 0.15) is 6.61 Å². The van der Waals surface area contributed by atoms with Gasteiger partial charge in [0.05, 0.1) is 4.88 Å². The average molecular weight is 256 g/mol. The van der Waals surface area contributed by atoms with Crippen LogP contribution in [0.4, 0.5) is 0 Å². The molecule has 0 aliphatic carbocycles. The van der Waals surface area contributed by atoms with Crippen LogP contribution in [0.25, 0.3) is 0 Å². The van der Waals surface area contributed by atoms with Crippen molar-refractivity contribution in [1.82, 2.24) is 0 Å². The summed E-state index contributed by atoms with van der Waals surface area (Å²) in [5.74, 6) is 6.50. The molecular weight excluding hydrogens is 240 g/mol. The lowest BCUT2D eigenvalue weighted by atomic mass is 10.3. The molecule has 1 aromatic rings. The number of hydrogen-bond acceptors (Lipinski definition) is 4. The van der Waals surface area contributed by atoms with Gasteiger partial charge < -0.3 is 10.2 Å². The second-order valence-corrected chi connectivity index (χ2v) is 5.95. The first-order chi connectivity index (χ1) is 7.76. The van der Waals surface area contributed by atoms with Gasteiger partial charge in [-0.15, -0.1) is 11.3 Å². The predicted octanol–water partition coefficient (Wildman–Crippen LogP) is 2.10. The zero-order valence-electron chi connectivity index (χ0n) is 9.27. The molecule has 0 fully saturated rings. The third-order valence-electron chi connectivity index (χ3n) is 2.00. The molecule has 0 saturated carbocycles. The van der Waals surface area contributed by atoms with Crippen LogP contribution in [0, 0.1) is 11.8 Å². The SMILES string of the molecule is CC(CCO)SCc1ccc(C#CCO)s1. The van der Waals surface area contributed by atoms with Gasteiger partial charge in [0, 0.05) is 22.5 Å². The third-order valence-corrected chi connectivity index (χ3v) is 4.46. The molecule has 4 heteroatoms. The molecule has 0 aromatic carbocycles. The van der Waals surface area contributed by atoms with Gasteiger partial charge in [-0.1, -0.05) is 18.8 Å². The molecule has 1 atom stereocenters. The maximum absolute atomic E-state index is 8.78. The third kappa shape index (κ3) is 5.04. The molecular formula is C12H16O2S2. The van der Waals surface area contributed by atoms with E-state index in [4.69, 9.17) is 10.2 Å². The summed E-state index contributed by atoms with van der Waals surface area (Å²) in [6.07, 6.45) is 0.840. The first kappa shape index (κ1) is 13.6. The van der Waals surface area contributed by atoms with E-state index in [-0.39, 0.29) is 13.2 Å². The van der Waals surface area contributed by atoms with Gasteiger partial charge in [-0.05, 0) is 18.6 Å². The topological polar surface area (TPSA) is 40.5 Å². The van der Waals surface area contributed by atoms with E-state index in [9.17, 15) is 0 Å².